The highest BCUT2D eigenvalue weighted by molar-refractivity contribution is 6.37. The first kappa shape index (κ1) is 14.7. The van der Waals surface area contributed by atoms with E-state index in [0.717, 1.165) is 25.5 Å². The lowest BCUT2D eigenvalue weighted by atomic mass is 10.2. The SMILES string of the molecule is CCNc1nc(N2C[C@@H](C)O[C@@H](C)C2)c(Cl)cc1Cl. The maximum Gasteiger partial charge on any atom is 0.150 e. The van der Waals surface area contributed by atoms with Gasteiger partial charge in [-0.05, 0) is 26.8 Å². The minimum atomic E-state index is 0.167. The van der Waals surface area contributed by atoms with Crippen LogP contribution in [0.3, 0.4) is 0 Å². The van der Waals surface area contributed by atoms with Crippen molar-refractivity contribution in [1.29, 1.82) is 0 Å². The van der Waals surface area contributed by atoms with Crippen LogP contribution in [0, 0.1) is 0 Å². The third kappa shape index (κ3) is 3.44. The van der Waals surface area contributed by atoms with Crippen molar-refractivity contribution < 1.29 is 4.74 Å². The molecule has 2 heterocycles. The average Bonchev–Trinajstić information content (AvgIpc) is 2.31. The van der Waals surface area contributed by atoms with Crippen LogP contribution in [0.25, 0.3) is 0 Å². The molecule has 1 aromatic rings. The maximum absolute atomic E-state index is 6.27. The van der Waals surface area contributed by atoms with E-state index >= 15 is 0 Å². The molecule has 0 amide bonds. The summed E-state index contributed by atoms with van der Waals surface area (Å²) in [6, 6.07) is 1.74. The van der Waals surface area contributed by atoms with E-state index < -0.39 is 0 Å². The first-order valence-corrected chi connectivity index (χ1v) is 7.27. The Kier molecular flexibility index (Phi) is 4.76. The van der Waals surface area contributed by atoms with Crippen molar-refractivity contribution in [2.75, 3.05) is 29.9 Å². The van der Waals surface area contributed by atoms with E-state index in [2.05, 4.69) is 29.0 Å². The molecule has 2 atom stereocenters. The fraction of sp³-hybridized carbons (Fsp3) is 0.615. The van der Waals surface area contributed by atoms with Crippen molar-refractivity contribution >= 4 is 34.8 Å². The van der Waals surface area contributed by atoms with Crippen LogP contribution in [-0.4, -0.2) is 36.8 Å². The molecule has 1 aromatic heterocycles. The van der Waals surface area contributed by atoms with Crippen LogP contribution in [-0.2, 0) is 4.74 Å². The molecular weight excluding hydrogens is 285 g/mol. The first-order valence-electron chi connectivity index (χ1n) is 6.51. The topological polar surface area (TPSA) is 37.4 Å². The summed E-state index contributed by atoms with van der Waals surface area (Å²) in [5, 5.41) is 4.27. The van der Waals surface area contributed by atoms with E-state index in [1.807, 2.05) is 6.92 Å². The van der Waals surface area contributed by atoms with E-state index in [-0.39, 0.29) is 12.2 Å². The summed E-state index contributed by atoms with van der Waals surface area (Å²) < 4.78 is 5.72. The van der Waals surface area contributed by atoms with Crippen LogP contribution in [0.1, 0.15) is 20.8 Å². The number of hydrogen-bond acceptors (Lipinski definition) is 4. The van der Waals surface area contributed by atoms with Gasteiger partial charge in [-0.3, -0.25) is 0 Å². The van der Waals surface area contributed by atoms with Crippen LogP contribution in [0.4, 0.5) is 11.6 Å². The van der Waals surface area contributed by atoms with Gasteiger partial charge in [0.2, 0.25) is 0 Å². The van der Waals surface area contributed by atoms with Gasteiger partial charge in [0, 0.05) is 19.6 Å². The van der Waals surface area contributed by atoms with Crippen LogP contribution in [0.15, 0.2) is 6.07 Å². The lowest BCUT2D eigenvalue weighted by Crippen LogP contribution is -2.46. The molecule has 0 bridgehead atoms. The standard InChI is InChI=1S/C13H19Cl2N3O/c1-4-16-12-10(14)5-11(15)13(17-12)18-6-8(2)19-9(3)7-18/h5,8-9H,4,6-7H2,1-3H3,(H,16,17)/t8-,9+. The van der Waals surface area contributed by atoms with Crippen LogP contribution in [0.5, 0.6) is 0 Å². The van der Waals surface area contributed by atoms with Gasteiger partial charge >= 0.3 is 0 Å². The number of halogens is 2. The van der Waals surface area contributed by atoms with Crippen molar-refractivity contribution in [1.82, 2.24) is 4.98 Å². The number of morpholine rings is 1. The van der Waals surface area contributed by atoms with Crippen LogP contribution >= 0.6 is 23.2 Å². The summed E-state index contributed by atoms with van der Waals surface area (Å²) in [5.41, 5.74) is 0. The number of anilines is 2. The number of pyridine rings is 1. The minimum Gasteiger partial charge on any atom is -0.372 e. The Balaban J connectivity index is 2.30. The first-order chi connectivity index (χ1) is 9.01. The molecule has 1 saturated heterocycles. The molecule has 0 saturated carbocycles. The summed E-state index contributed by atoms with van der Waals surface area (Å²) in [5.74, 6) is 1.44. The number of hydrogen-bond donors (Lipinski definition) is 1. The number of nitrogens with one attached hydrogen (secondary N) is 1. The third-order valence-corrected chi connectivity index (χ3v) is 3.54. The fourth-order valence-electron chi connectivity index (χ4n) is 2.32. The second-order valence-electron chi connectivity index (χ2n) is 4.82. The highest BCUT2D eigenvalue weighted by Gasteiger charge is 2.25. The van der Waals surface area contributed by atoms with E-state index in [9.17, 15) is 0 Å². The van der Waals surface area contributed by atoms with Crippen molar-refractivity contribution in [3.8, 4) is 0 Å². The van der Waals surface area contributed by atoms with Gasteiger partial charge in [-0.2, -0.15) is 0 Å². The Hall–Kier alpha value is -0.710. The van der Waals surface area contributed by atoms with Crippen LogP contribution < -0.4 is 10.2 Å². The highest BCUT2D eigenvalue weighted by Crippen LogP contribution is 2.32. The van der Waals surface area contributed by atoms with Crippen molar-refractivity contribution in [3.05, 3.63) is 16.1 Å². The number of ether oxygens (including phenoxy) is 1. The zero-order valence-electron chi connectivity index (χ0n) is 11.4. The van der Waals surface area contributed by atoms with Crippen molar-refractivity contribution in [2.45, 2.75) is 33.0 Å². The molecule has 2 rings (SSSR count). The average molecular weight is 304 g/mol. The lowest BCUT2D eigenvalue weighted by Gasteiger charge is -2.36. The number of aromatic nitrogens is 1. The Morgan fingerprint density at radius 1 is 1.32 bits per heavy atom. The molecule has 1 aliphatic rings. The molecule has 0 spiro atoms. The molecular formula is C13H19Cl2N3O. The lowest BCUT2D eigenvalue weighted by molar-refractivity contribution is -0.00544. The Morgan fingerprint density at radius 3 is 2.53 bits per heavy atom. The molecule has 1 fully saturated rings. The molecule has 0 radical (unpaired) electrons. The van der Waals surface area contributed by atoms with Gasteiger partial charge in [-0.25, -0.2) is 4.98 Å². The predicted octanol–water partition coefficient (Wildman–Crippen LogP) is 3.43. The molecule has 19 heavy (non-hydrogen) atoms. The number of rotatable bonds is 3. The predicted molar refractivity (Wildman–Crippen MR) is 80.6 cm³/mol. The molecule has 1 N–H and O–H groups in total. The normalized spacial score (nSPS) is 23.5. The summed E-state index contributed by atoms with van der Waals surface area (Å²) in [6.07, 6.45) is 0.333. The van der Waals surface area contributed by atoms with Gasteiger partial charge in [0.15, 0.2) is 0 Å². The zero-order chi connectivity index (χ0) is 14.0. The van der Waals surface area contributed by atoms with Gasteiger partial charge in [0.25, 0.3) is 0 Å². The molecule has 106 valence electrons. The number of nitrogens with zero attached hydrogens (tertiary/aromatic N) is 2. The molecule has 6 heteroatoms. The van der Waals surface area contributed by atoms with E-state index in [0.29, 0.717) is 15.9 Å². The summed E-state index contributed by atoms with van der Waals surface area (Å²) in [4.78, 5) is 6.70. The Morgan fingerprint density at radius 2 is 1.95 bits per heavy atom. The molecule has 1 aliphatic heterocycles. The molecule has 4 nitrogen and oxygen atoms in total. The molecule has 0 unspecified atom stereocenters. The van der Waals surface area contributed by atoms with E-state index in [1.54, 1.807) is 6.07 Å². The second kappa shape index (κ2) is 6.16. The van der Waals surface area contributed by atoms with Gasteiger partial charge in [0.1, 0.15) is 11.6 Å². The summed E-state index contributed by atoms with van der Waals surface area (Å²) in [7, 11) is 0. The highest BCUT2D eigenvalue weighted by atomic mass is 35.5. The van der Waals surface area contributed by atoms with Gasteiger partial charge in [-0.1, -0.05) is 23.2 Å². The maximum atomic E-state index is 6.27. The van der Waals surface area contributed by atoms with E-state index in [4.69, 9.17) is 27.9 Å². The third-order valence-electron chi connectivity index (χ3n) is 2.97. The summed E-state index contributed by atoms with van der Waals surface area (Å²) >= 11 is 12.4. The molecule has 0 aliphatic carbocycles. The largest absolute Gasteiger partial charge is 0.372 e. The van der Waals surface area contributed by atoms with Crippen molar-refractivity contribution in [3.63, 3.8) is 0 Å². The smallest absolute Gasteiger partial charge is 0.150 e. The Bertz CT molecular complexity index is 446. The van der Waals surface area contributed by atoms with Gasteiger partial charge in [-0.15, -0.1) is 0 Å². The van der Waals surface area contributed by atoms with Crippen molar-refractivity contribution in [2.24, 2.45) is 0 Å². The summed E-state index contributed by atoms with van der Waals surface area (Å²) in [6.45, 7) is 8.44. The monoisotopic (exact) mass is 303 g/mol. The fourth-order valence-corrected chi connectivity index (χ4v) is 2.87. The molecule has 0 aromatic carbocycles. The minimum absolute atomic E-state index is 0.167. The Labute approximate surface area is 124 Å². The quantitative estimate of drug-likeness (QED) is 0.928. The zero-order valence-corrected chi connectivity index (χ0v) is 12.9. The van der Waals surface area contributed by atoms with Gasteiger partial charge in [0.05, 0.1) is 22.3 Å². The van der Waals surface area contributed by atoms with E-state index in [1.165, 1.54) is 0 Å². The van der Waals surface area contributed by atoms with Crippen LogP contribution in [0.2, 0.25) is 10.0 Å². The second-order valence-corrected chi connectivity index (χ2v) is 5.63. The van der Waals surface area contributed by atoms with Gasteiger partial charge < -0.3 is 15.0 Å².